The SMILES string of the molecule is CC(C)(C)CC(=O)N(Cc1ccccc1)C[C@H]1CC(c2ccc(Cl)o2)=NO1. The van der Waals surface area contributed by atoms with E-state index in [2.05, 4.69) is 25.9 Å². The van der Waals surface area contributed by atoms with Crippen LogP contribution in [0, 0.1) is 5.41 Å². The Kier molecular flexibility index (Phi) is 5.90. The van der Waals surface area contributed by atoms with Crippen molar-refractivity contribution in [3.8, 4) is 0 Å². The summed E-state index contributed by atoms with van der Waals surface area (Å²) in [5, 5.41) is 4.44. The molecule has 144 valence electrons. The molecule has 2 aromatic rings. The lowest BCUT2D eigenvalue weighted by atomic mass is 9.91. The maximum absolute atomic E-state index is 12.9. The standard InChI is InChI=1S/C21H25ClN2O3/c1-21(2,3)12-20(25)24(13-15-7-5-4-6-8-15)14-16-11-17(23-27-16)18-9-10-19(22)26-18/h4-10,16H,11-14H2,1-3H3/t16-/m1/s1. The zero-order chi connectivity index (χ0) is 19.4. The first-order valence-corrected chi connectivity index (χ1v) is 9.48. The molecule has 6 heteroatoms. The van der Waals surface area contributed by atoms with E-state index in [1.165, 1.54) is 0 Å². The Balaban J connectivity index is 1.67. The minimum atomic E-state index is -0.198. The molecule has 1 amide bonds. The fourth-order valence-corrected chi connectivity index (χ4v) is 3.16. The van der Waals surface area contributed by atoms with Crippen molar-refractivity contribution in [2.75, 3.05) is 6.54 Å². The van der Waals surface area contributed by atoms with Crippen molar-refractivity contribution >= 4 is 23.2 Å². The van der Waals surface area contributed by atoms with Gasteiger partial charge in [0.2, 0.25) is 5.91 Å². The van der Waals surface area contributed by atoms with Crippen molar-refractivity contribution in [1.29, 1.82) is 0 Å². The van der Waals surface area contributed by atoms with Crippen molar-refractivity contribution in [1.82, 2.24) is 4.90 Å². The van der Waals surface area contributed by atoms with Gasteiger partial charge in [0.05, 0.1) is 6.54 Å². The smallest absolute Gasteiger partial charge is 0.223 e. The zero-order valence-electron chi connectivity index (χ0n) is 15.9. The Hall–Kier alpha value is -2.27. The van der Waals surface area contributed by atoms with Crippen molar-refractivity contribution in [3.05, 3.63) is 59.0 Å². The lowest BCUT2D eigenvalue weighted by molar-refractivity contribution is -0.135. The summed E-state index contributed by atoms with van der Waals surface area (Å²) in [4.78, 5) is 20.3. The molecule has 0 N–H and O–H groups in total. The third-order valence-corrected chi connectivity index (χ3v) is 4.47. The van der Waals surface area contributed by atoms with E-state index in [1.807, 2.05) is 35.2 Å². The van der Waals surface area contributed by atoms with Gasteiger partial charge in [0, 0.05) is 19.4 Å². The minimum absolute atomic E-state index is 0.0743. The maximum atomic E-state index is 12.9. The average molecular weight is 389 g/mol. The van der Waals surface area contributed by atoms with E-state index in [9.17, 15) is 4.79 Å². The Labute approximate surface area is 164 Å². The molecule has 0 saturated heterocycles. The number of carbonyl (C=O) groups excluding carboxylic acids is 1. The van der Waals surface area contributed by atoms with E-state index in [0.29, 0.717) is 36.9 Å². The summed E-state index contributed by atoms with van der Waals surface area (Å²) in [6.45, 7) is 7.24. The number of halogens is 1. The van der Waals surface area contributed by atoms with E-state index in [-0.39, 0.29) is 17.4 Å². The third kappa shape index (κ3) is 5.60. The second kappa shape index (κ2) is 8.17. The highest BCUT2D eigenvalue weighted by atomic mass is 35.5. The molecular weight excluding hydrogens is 364 g/mol. The van der Waals surface area contributed by atoms with Crippen LogP contribution in [-0.2, 0) is 16.2 Å². The number of furan rings is 1. The number of oxime groups is 1. The summed E-state index contributed by atoms with van der Waals surface area (Å²) < 4.78 is 5.40. The van der Waals surface area contributed by atoms with Gasteiger partial charge in [0.1, 0.15) is 5.71 Å². The molecule has 1 aliphatic heterocycles. The number of hydrogen-bond donors (Lipinski definition) is 0. The molecule has 27 heavy (non-hydrogen) atoms. The number of nitrogens with zero attached hydrogens (tertiary/aromatic N) is 2. The molecule has 0 unspecified atom stereocenters. The highest BCUT2D eigenvalue weighted by Crippen LogP contribution is 2.24. The number of carbonyl (C=O) groups is 1. The number of benzene rings is 1. The molecule has 3 rings (SSSR count). The van der Waals surface area contributed by atoms with E-state index < -0.39 is 0 Å². The van der Waals surface area contributed by atoms with Crippen molar-refractivity contribution in [2.45, 2.75) is 46.3 Å². The van der Waals surface area contributed by atoms with Gasteiger partial charge < -0.3 is 14.2 Å². The molecule has 1 aliphatic rings. The van der Waals surface area contributed by atoms with Crippen LogP contribution in [-0.4, -0.2) is 29.2 Å². The molecule has 5 nitrogen and oxygen atoms in total. The molecular formula is C21H25ClN2O3. The van der Waals surface area contributed by atoms with Gasteiger partial charge in [-0.1, -0.05) is 56.3 Å². The predicted molar refractivity (Wildman–Crippen MR) is 106 cm³/mol. The average Bonchev–Trinajstić information content (AvgIpc) is 3.22. The highest BCUT2D eigenvalue weighted by Gasteiger charge is 2.29. The summed E-state index contributed by atoms with van der Waals surface area (Å²) in [7, 11) is 0. The topological polar surface area (TPSA) is 55.0 Å². The molecule has 2 heterocycles. The fraction of sp³-hybridized carbons (Fsp3) is 0.429. The van der Waals surface area contributed by atoms with Gasteiger partial charge >= 0.3 is 0 Å². The molecule has 1 atom stereocenters. The van der Waals surface area contributed by atoms with Crippen LogP contribution in [0.25, 0.3) is 0 Å². The van der Waals surface area contributed by atoms with E-state index in [1.54, 1.807) is 12.1 Å². The summed E-state index contributed by atoms with van der Waals surface area (Å²) in [5.74, 6) is 0.725. The molecule has 0 spiro atoms. The van der Waals surface area contributed by atoms with Crippen LogP contribution in [0.4, 0.5) is 0 Å². The fourth-order valence-electron chi connectivity index (χ4n) is 3.01. The monoisotopic (exact) mass is 388 g/mol. The predicted octanol–water partition coefficient (Wildman–Crippen LogP) is 4.89. The van der Waals surface area contributed by atoms with Crippen molar-refractivity contribution < 1.29 is 14.0 Å². The van der Waals surface area contributed by atoms with Gasteiger partial charge in [0.15, 0.2) is 17.1 Å². The van der Waals surface area contributed by atoms with Crippen LogP contribution in [0.3, 0.4) is 0 Å². The van der Waals surface area contributed by atoms with Crippen LogP contribution in [0.2, 0.25) is 5.22 Å². The Morgan fingerprint density at radius 1 is 1.22 bits per heavy atom. The van der Waals surface area contributed by atoms with Crippen LogP contribution < -0.4 is 0 Å². The number of rotatable bonds is 6. The maximum Gasteiger partial charge on any atom is 0.223 e. The molecule has 0 saturated carbocycles. The van der Waals surface area contributed by atoms with E-state index >= 15 is 0 Å². The Morgan fingerprint density at radius 3 is 2.59 bits per heavy atom. The molecule has 0 aliphatic carbocycles. The van der Waals surface area contributed by atoms with E-state index in [0.717, 1.165) is 11.3 Å². The van der Waals surface area contributed by atoms with Crippen LogP contribution in [0.5, 0.6) is 0 Å². The first-order chi connectivity index (χ1) is 12.8. The molecule has 0 bridgehead atoms. The summed E-state index contributed by atoms with van der Waals surface area (Å²) in [6.07, 6.45) is 0.864. The van der Waals surface area contributed by atoms with Crippen LogP contribution in [0.1, 0.15) is 44.9 Å². The molecule has 1 aromatic heterocycles. The first kappa shape index (κ1) is 19.5. The lowest BCUT2D eigenvalue weighted by Crippen LogP contribution is -2.38. The largest absolute Gasteiger partial charge is 0.443 e. The normalized spacial score (nSPS) is 16.7. The van der Waals surface area contributed by atoms with E-state index in [4.69, 9.17) is 20.9 Å². The highest BCUT2D eigenvalue weighted by molar-refractivity contribution is 6.29. The van der Waals surface area contributed by atoms with Crippen molar-refractivity contribution in [3.63, 3.8) is 0 Å². The molecule has 1 aromatic carbocycles. The molecule has 0 fully saturated rings. The first-order valence-electron chi connectivity index (χ1n) is 9.10. The Morgan fingerprint density at radius 2 is 1.96 bits per heavy atom. The van der Waals surface area contributed by atoms with Crippen LogP contribution >= 0.6 is 11.6 Å². The van der Waals surface area contributed by atoms with Gasteiger partial charge in [0.25, 0.3) is 0 Å². The summed E-state index contributed by atoms with van der Waals surface area (Å²) in [6, 6.07) is 13.4. The van der Waals surface area contributed by atoms with Gasteiger partial charge in [-0.3, -0.25) is 4.79 Å². The summed E-state index contributed by atoms with van der Waals surface area (Å²) >= 11 is 5.84. The Bertz CT molecular complexity index is 808. The number of hydrogen-bond acceptors (Lipinski definition) is 4. The molecule has 0 radical (unpaired) electrons. The quantitative estimate of drug-likeness (QED) is 0.707. The summed E-state index contributed by atoms with van der Waals surface area (Å²) in [5.41, 5.74) is 1.74. The lowest BCUT2D eigenvalue weighted by Gasteiger charge is -2.28. The van der Waals surface area contributed by atoms with Crippen molar-refractivity contribution in [2.24, 2.45) is 10.6 Å². The second-order valence-electron chi connectivity index (χ2n) is 8.07. The third-order valence-electron chi connectivity index (χ3n) is 4.27. The second-order valence-corrected chi connectivity index (χ2v) is 8.44. The van der Waals surface area contributed by atoms with Gasteiger partial charge in [-0.15, -0.1) is 0 Å². The van der Waals surface area contributed by atoms with Gasteiger partial charge in [-0.05, 0) is 34.7 Å². The van der Waals surface area contributed by atoms with Crippen LogP contribution in [0.15, 0.2) is 52.0 Å². The minimum Gasteiger partial charge on any atom is -0.443 e. The zero-order valence-corrected chi connectivity index (χ0v) is 16.7. The van der Waals surface area contributed by atoms with Gasteiger partial charge in [-0.2, -0.15) is 0 Å². The van der Waals surface area contributed by atoms with Gasteiger partial charge in [-0.25, -0.2) is 0 Å². The number of amides is 1.